The van der Waals surface area contributed by atoms with Gasteiger partial charge in [0.1, 0.15) is 11.4 Å². The second kappa shape index (κ2) is 14.0. The van der Waals surface area contributed by atoms with Gasteiger partial charge in [0, 0.05) is 42.5 Å². The molecule has 0 aliphatic heterocycles. The number of pyridine rings is 1. The van der Waals surface area contributed by atoms with Crippen LogP contribution in [-0.2, 0) is 16.8 Å². The van der Waals surface area contributed by atoms with E-state index in [0.717, 1.165) is 0 Å². The third-order valence-corrected chi connectivity index (χ3v) is 4.84. The number of Topliss-reactive ketones (excluding diaryl/α,β-unsaturated/α-hetero) is 2. The van der Waals surface area contributed by atoms with Crippen LogP contribution in [0.1, 0.15) is 48.7 Å². The summed E-state index contributed by atoms with van der Waals surface area (Å²) >= 11 is 11.3. The second-order valence-electron chi connectivity index (χ2n) is 6.72. The van der Waals surface area contributed by atoms with Crippen molar-refractivity contribution < 1.29 is 26.4 Å². The molecule has 1 radical (unpaired) electrons. The first-order valence-electron chi connectivity index (χ1n) is 9.29. The summed E-state index contributed by atoms with van der Waals surface area (Å²) in [4.78, 5) is 25.6. The van der Waals surface area contributed by atoms with Crippen LogP contribution in [0.25, 0.3) is 0 Å². The molecule has 2 aliphatic rings. The molecule has 1 aromatic heterocycles. The van der Waals surface area contributed by atoms with Gasteiger partial charge in [0.15, 0.2) is 11.6 Å². The van der Waals surface area contributed by atoms with Crippen molar-refractivity contribution in [1.82, 2.24) is 4.98 Å². The van der Waals surface area contributed by atoms with Crippen molar-refractivity contribution in [2.45, 2.75) is 27.7 Å². The third-order valence-electron chi connectivity index (χ3n) is 4.18. The molecule has 167 valence electrons. The van der Waals surface area contributed by atoms with Crippen LogP contribution in [0.15, 0.2) is 64.7 Å². The van der Waals surface area contributed by atoms with E-state index in [-0.39, 0.29) is 40.2 Å². The summed E-state index contributed by atoms with van der Waals surface area (Å²) in [7, 11) is 0. The summed E-state index contributed by atoms with van der Waals surface area (Å²) in [6.45, 7) is 6.75. The fourth-order valence-corrected chi connectivity index (χ4v) is 2.74. The first kappa shape index (κ1) is 28.9. The molecule has 2 atom stereocenters. The van der Waals surface area contributed by atoms with Crippen molar-refractivity contribution in [2.75, 3.05) is 0 Å². The van der Waals surface area contributed by atoms with Crippen molar-refractivity contribution >= 4 is 46.2 Å². The van der Waals surface area contributed by atoms with Crippen LogP contribution in [-0.4, -0.2) is 28.0 Å². The van der Waals surface area contributed by atoms with Gasteiger partial charge < -0.3 is 10.8 Å². The van der Waals surface area contributed by atoms with E-state index in [1.165, 1.54) is 13.8 Å². The molecular weight excluding hydrogens is 480 g/mol. The minimum Gasteiger partial charge on any atom is -0.303 e. The third kappa shape index (κ3) is 9.70. The zero-order valence-electron chi connectivity index (χ0n) is 17.7. The quantitative estimate of drug-likeness (QED) is 0.472. The Kier molecular flexibility index (Phi) is 13.1. The van der Waals surface area contributed by atoms with Gasteiger partial charge in [-0.1, -0.05) is 67.4 Å². The van der Waals surface area contributed by atoms with Gasteiger partial charge in [0.2, 0.25) is 0 Å². The van der Waals surface area contributed by atoms with E-state index >= 15 is 0 Å². The Balaban J connectivity index is 0.000000435. The largest absolute Gasteiger partial charge is 0.303 e. The Bertz CT molecular complexity index is 892. The molecule has 0 amide bonds. The summed E-state index contributed by atoms with van der Waals surface area (Å²) in [5, 5.41) is 15.8. The molecule has 0 spiro atoms. The number of aromatic nitrogens is 1. The van der Waals surface area contributed by atoms with Crippen LogP contribution in [0.2, 0.25) is 0 Å². The van der Waals surface area contributed by atoms with Gasteiger partial charge in [-0.15, -0.1) is 0 Å². The Morgan fingerprint density at radius 3 is 1.45 bits per heavy atom. The van der Waals surface area contributed by atoms with E-state index in [1.807, 2.05) is 38.2 Å². The predicted molar refractivity (Wildman–Crippen MR) is 124 cm³/mol. The molecule has 2 unspecified atom stereocenters. The van der Waals surface area contributed by atoms with Crippen LogP contribution in [0.5, 0.6) is 0 Å². The van der Waals surface area contributed by atoms with Crippen molar-refractivity contribution in [1.29, 1.82) is 10.8 Å². The summed E-state index contributed by atoms with van der Waals surface area (Å²) in [5.74, 6) is 0.112. The van der Waals surface area contributed by atoms with Crippen LogP contribution in [0, 0.1) is 22.7 Å². The van der Waals surface area contributed by atoms with E-state index in [1.54, 1.807) is 30.4 Å². The molecule has 1 aromatic rings. The van der Waals surface area contributed by atoms with Crippen molar-refractivity contribution in [3.63, 3.8) is 0 Å². The zero-order chi connectivity index (χ0) is 22.8. The molecule has 0 bridgehead atoms. The van der Waals surface area contributed by atoms with Crippen molar-refractivity contribution in [2.24, 2.45) is 11.8 Å². The molecule has 0 saturated carbocycles. The van der Waals surface area contributed by atoms with Crippen LogP contribution < -0.4 is 0 Å². The molecule has 3 rings (SSSR count). The molecule has 0 aromatic carbocycles. The summed E-state index contributed by atoms with van der Waals surface area (Å²) in [6, 6.07) is 4.84. The molecule has 5 nitrogen and oxygen atoms in total. The minimum atomic E-state index is -0.127. The molecular formula is C23H25Cl2CoN3O2. The topological polar surface area (TPSA) is 94.7 Å². The normalized spacial score (nSPS) is 18.9. The Morgan fingerprint density at radius 2 is 1.19 bits per heavy atom. The number of nitrogens with one attached hydrogen (secondary N) is 2. The Morgan fingerprint density at radius 1 is 0.839 bits per heavy atom. The minimum absolute atomic E-state index is 0. The Labute approximate surface area is 203 Å². The maximum absolute atomic E-state index is 10.8. The monoisotopic (exact) mass is 504 g/mol. The summed E-state index contributed by atoms with van der Waals surface area (Å²) in [5.41, 5.74) is 1.70. The van der Waals surface area contributed by atoms with Crippen LogP contribution >= 0.6 is 23.2 Å². The summed E-state index contributed by atoms with van der Waals surface area (Å²) in [6.07, 6.45) is 11.1. The fourth-order valence-electron chi connectivity index (χ4n) is 2.25. The number of rotatable bonds is 2. The smallest absolute Gasteiger partial charge is 0.178 e. The molecule has 8 heteroatoms. The number of carbonyl (C=O) groups excluding carboxylic acids is 2. The number of carbonyl (C=O) groups is 2. The van der Waals surface area contributed by atoms with Crippen molar-refractivity contribution in [3.8, 4) is 0 Å². The SMILES string of the molecule is CC(=O)c1cccc(C(C)=O)n1.CC1C=CC=C(Cl)C1=N.CC1C=CC=C(Cl)C1=N.[Co]. The first-order chi connectivity index (χ1) is 14.0. The van der Waals surface area contributed by atoms with Gasteiger partial charge in [0.25, 0.3) is 0 Å². The standard InChI is InChI=1S/C9H9NO2.2C7H8ClN.Co/c1-6(11)8-4-3-5-9(10-8)7(2)12;2*1-5-3-2-4-6(8)7(5)9;/h3-5H,1-2H3;2*2-5,9H,1H3;. The van der Waals surface area contributed by atoms with Gasteiger partial charge in [-0.3, -0.25) is 9.59 Å². The maximum atomic E-state index is 10.8. The van der Waals surface area contributed by atoms with Crippen LogP contribution in [0.4, 0.5) is 0 Å². The fraction of sp³-hybridized carbons (Fsp3) is 0.261. The zero-order valence-corrected chi connectivity index (χ0v) is 20.3. The predicted octanol–water partition coefficient (Wildman–Crippen LogP) is 6.15. The second-order valence-corrected chi connectivity index (χ2v) is 7.54. The van der Waals surface area contributed by atoms with Gasteiger partial charge >= 0.3 is 0 Å². The molecule has 31 heavy (non-hydrogen) atoms. The molecule has 1 heterocycles. The van der Waals surface area contributed by atoms with Gasteiger partial charge in [-0.2, -0.15) is 0 Å². The van der Waals surface area contributed by atoms with E-state index in [2.05, 4.69) is 4.98 Å². The van der Waals surface area contributed by atoms with E-state index in [0.29, 0.717) is 32.9 Å². The van der Waals surface area contributed by atoms with Gasteiger partial charge in [-0.05, 0) is 24.3 Å². The number of hydrogen-bond acceptors (Lipinski definition) is 5. The average molecular weight is 505 g/mol. The molecule has 0 saturated heterocycles. The van der Waals surface area contributed by atoms with Crippen LogP contribution in [0.3, 0.4) is 0 Å². The van der Waals surface area contributed by atoms with Crippen molar-refractivity contribution in [3.05, 3.63) is 76.1 Å². The Hall–Kier alpha value is -2.12. The van der Waals surface area contributed by atoms with Gasteiger partial charge in [0.05, 0.1) is 21.5 Å². The number of allylic oxidation sites excluding steroid dienone is 8. The van der Waals surface area contributed by atoms with Gasteiger partial charge in [-0.25, -0.2) is 4.98 Å². The maximum Gasteiger partial charge on any atom is 0.178 e. The number of halogens is 2. The molecule has 2 N–H and O–H groups in total. The molecule has 2 aliphatic carbocycles. The first-order valence-corrected chi connectivity index (χ1v) is 10.0. The van der Waals surface area contributed by atoms with E-state index < -0.39 is 0 Å². The number of hydrogen-bond donors (Lipinski definition) is 2. The summed E-state index contributed by atoms with van der Waals surface area (Å²) < 4.78 is 0. The molecule has 0 fully saturated rings. The van der Waals surface area contributed by atoms with E-state index in [4.69, 9.17) is 34.0 Å². The van der Waals surface area contributed by atoms with E-state index in [9.17, 15) is 9.59 Å². The number of nitrogens with zero attached hydrogens (tertiary/aromatic N) is 1. The number of ketones is 2. The average Bonchev–Trinajstić information content (AvgIpc) is 2.71.